The molecule has 1 nitrogen and oxygen atoms in total. The van der Waals surface area contributed by atoms with Gasteiger partial charge in [0.1, 0.15) is 0 Å². The Morgan fingerprint density at radius 1 is 1.00 bits per heavy atom. The first-order valence-electron chi connectivity index (χ1n) is 7.33. The molecule has 0 aliphatic carbocycles. The summed E-state index contributed by atoms with van der Waals surface area (Å²) in [6.07, 6.45) is 7.98. The Hall–Kier alpha value is -2.11. The van der Waals surface area contributed by atoms with E-state index in [1.54, 1.807) is 0 Å². The van der Waals surface area contributed by atoms with Crippen molar-refractivity contribution in [1.29, 1.82) is 0 Å². The van der Waals surface area contributed by atoms with Crippen LogP contribution in [0.25, 0.3) is 0 Å². The van der Waals surface area contributed by atoms with Gasteiger partial charge in [-0.05, 0) is 55.6 Å². The van der Waals surface area contributed by atoms with Crippen molar-refractivity contribution in [3.63, 3.8) is 0 Å². The molecule has 0 N–H and O–H groups in total. The van der Waals surface area contributed by atoms with Gasteiger partial charge in [-0.15, -0.1) is 9.24 Å². The Kier molecular flexibility index (Phi) is 5.75. The van der Waals surface area contributed by atoms with Gasteiger partial charge < -0.3 is 4.90 Å². The van der Waals surface area contributed by atoms with Crippen molar-refractivity contribution in [3.8, 4) is 0 Å². The molecule has 0 saturated heterocycles. The number of allylic oxidation sites excluding steroid dienone is 4. The fraction of sp³-hybridized carbons (Fsp3) is 0.100. The normalized spacial score (nSPS) is 11.7. The van der Waals surface area contributed by atoms with Crippen LogP contribution >= 0.6 is 9.24 Å². The average Bonchev–Trinajstić information content (AvgIpc) is 2.52. The van der Waals surface area contributed by atoms with Crippen molar-refractivity contribution in [2.45, 2.75) is 13.8 Å². The van der Waals surface area contributed by atoms with Crippen LogP contribution in [0.2, 0.25) is 0 Å². The molecule has 0 fully saturated rings. The van der Waals surface area contributed by atoms with E-state index < -0.39 is 0 Å². The summed E-state index contributed by atoms with van der Waals surface area (Å²) in [5.41, 5.74) is 4.59. The minimum Gasteiger partial charge on any atom is -0.311 e. The highest BCUT2D eigenvalue weighted by atomic mass is 31.0. The largest absolute Gasteiger partial charge is 0.311 e. The Morgan fingerprint density at radius 2 is 1.55 bits per heavy atom. The number of hydrogen-bond acceptors (Lipinski definition) is 1. The fourth-order valence-electron chi connectivity index (χ4n) is 2.26. The molecule has 1 unspecified atom stereocenters. The van der Waals surface area contributed by atoms with Gasteiger partial charge in [0.25, 0.3) is 0 Å². The summed E-state index contributed by atoms with van der Waals surface area (Å²) >= 11 is 0. The zero-order valence-corrected chi connectivity index (χ0v) is 14.3. The first-order valence-corrected chi connectivity index (χ1v) is 7.91. The minimum atomic E-state index is 1.08. The van der Waals surface area contributed by atoms with Crippen LogP contribution in [0.5, 0.6) is 0 Å². The van der Waals surface area contributed by atoms with Gasteiger partial charge in [0, 0.05) is 17.1 Å². The number of nitrogens with zero attached hydrogens (tertiary/aromatic N) is 1. The van der Waals surface area contributed by atoms with Gasteiger partial charge in [-0.25, -0.2) is 0 Å². The molecular formula is C20H22NP. The van der Waals surface area contributed by atoms with Gasteiger partial charge in [-0.3, -0.25) is 0 Å². The van der Waals surface area contributed by atoms with E-state index in [1.165, 1.54) is 10.9 Å². The maximum Gasteiger partial charge on any atom is 0.0462 e. The number of anilines is 2. The van der Waals surface area contributed by atoms with Crippen molar-refractivity contribution in [1.82, 2.24) is 0 Å². The first-order chi connectivity index (χ1) is 10.7. The van der Waals surface area contributed by atoms with Gasteiger partial charge >= 0.3 is 0 Å². The van der Waals surface area contributed by atoms with Gasteiger partial charge in [0.05, 0.1) is 0 Å². The maximum atomic E-state index is 3.84. The molecule has 0 aliphatic rings. The highest BCUT2D eigenvalue weighted by Crippen LogP contribution is 2.30. The maximum absolute atomic E-state index is 3.84. The number of benzene rings is 2. The lowest BCUT2D eigenvalue weighted by molar-refractivity contribution is 1.20. The first kappa shape index (κ1) is 16.3. The van der Waals surface area contributed by atoms with E-state index in [2.05, 4.69) is 82.2 Å². The third kappa shape index (κ3) is 3.96. The molecular weight excluding hydrogens is 285 g/mol. The molecule has 2 aromatic rings. The topological polar surface area (TPSA) is 3.24 Å². The number of hydrogen-bond donors (Lipinski definition) is 0. The Balaban J connectivity index is 2.57. The van der Waals surface area contributed by atoms with Gasteiger partial charge in [-0.2, -0.15) is 0 Å². The van der Waals surface area contributed by atoms with E-state index in [0.717, 1.165) is 17.1 Å². The molecule has 0 aromatic heterocycles. The Morgan fingerprint density at radius 3 is 2.05 bits per heavy atom. The van der Waals surface area contributed by atoms with E-state index >= 15 is 0 Å². The van der Waals surface area contributed by atoms with Crippen LogP contribution in [0.1, 0.15) is 12.5 Å². The van der Waals surface area contributed by atoms with Crippen LogP contribution < -0.4 is 10.2 Å². The summed E-state index contributed by atoms with van der Waals surface area (Å²) in [6.45, 7) is 7.97. The van der Waals surface area contributed by atoms with Crippen LogP contribution in [0.4, 0.5) is 11.4 Å². The second-order valence-corrected chi connectivity index (χ2v) is 5.76. The zero-order chi connectivity index (χ0) is 15.9. The summed E-state index contributed by atoms with van der Waals surface area (Å²) in [5.74, 6) is 0. The zero-order valence-electron chi connectivity index (χ0n) is 13.2. The Bertz CT molecular complexity index is 633. The molecule has 0 bridgehead atoms. The molecule has 0 radical (unpaired) electrons. The number of aryl methyl sites for hydroxylation is 1. The summed E-state index contributed by atoms with van der Waals surface area (Å²) in [5, 5.41) is 1.17. The fourth-order valence-corrected chi connectivity index (χ4v) is 2.45. The van der Waals surface area contributed by atoms with E-state index in [4.69, 9.17) is 0 Å². The predicted molar refractivity (Wildman–Crippen MR) is 102 cm³/mol. The van der Waals surface area contributed by atoms with E-state index in [1.807, 2.05) is 25.2 Å². The molecule has 2 rings (SSSR count). The lowest BCUT2D eigenvalue weighted by Crippen LogP contribution is -2.15. The highest BCUT2D eigenvalue weighted by Gasteiger charge is 2.12. The van der Waals surface area contributed by atoms with E-state index in [-0.39, 0.29) is 0 Å². The molecule has 1 atom stereocenters. The quantitative estimate of drug-likeness (QED) is 0.536. The van der Waals surface area contributed by atoms with Crippen molar-refractivity contribution in [2.75, 3.05) is 4.90 Å². The third-order valence-corrected chi connectivity index (χ3v) is 3.71. The van der Waals surface area contributed by atoms with Crippen molar-refractivity contribution < 1.29 is 0 Å². The summed E-state index contributed by atoms with van der Waals surface area (Å²) < 4.78 is 0. The van der Waals surface area contributed by atoms with Gasteiger partial charge in [0.2, 0.25) is 0 Å². The smallest absolute Gasteiger partial charge is 0.0462 e. The monoisotopic (exact) mass is 307 g/mol. The third-order valence-electron chi connectivity index (χ3n) is 3.33. The molecule has 0 spiro atoms. The standard InChI is InChI=1S/C20H22NP/c1-4-6-17(7-5-2)21(18-10-8-16(3)9-11-18)19-12-14-20(22)15-13-19/h4-15H,1,22H2,2-3H3/b7-5-,17-6+. The molecule has 2 heteroatoms. The molecule has 22 heavy (non-hydrogen) atoms. The molecule has 0 saturated carbocycles. The van der Waals surface area contributed by atoms with Crippen molar-refractivity contribution in [3.05, 3.63) is 90.7 Å². The number of rotatable bonds is 5. The average molecular weight is 307 g/mol. The lowest BCUT2D eigenvalue weighted by atomic mass is 10.1. The summed E-state index contributed by atoms with van der Waals surface area (Å²) in [6, 6.07) is 17.0. The van der Waals surface area contributed by atoms with Gasteiger partial charge in [0.15, 0.2) is 0 Å². The van der Waals surface area contributed by atoms with Crippen LogP contribution in [0.15, 0.2) is 85.1 Å². The van der Waals surface area contributed by atoms with E-state index in [0.29, 0.717) is 0 Å². The second-order valence-electron chi connectivity index (χ2n) is 5.09. The van der Waals surface area contributed by atoms with Crippen LogP contribution in [-0.4, -0.2) is 0 Å². The highest BCUT2D eigenvalue weighted by molar-refractivity contribution is 7.27. The van der Waals surface area contributed by atoms with Gasteiger partial charge in [-0.1, -0.05) is 48.6 Å². The van der Waals surface area contributed by atoms with Crippen LogP contribution in [-0.2, 0) is 0 Å². The summed E-state index contributed by atoms with van der Waals surface area (Å²) in [4.78, 5) is 2.23. The Labute approximate surface area is 135 Å². The molecule has 0 aliphatic heterocycles. The van der Waals surface area contributed by atoms with Crippen molar-refractivity contribution >= 4 is 25.9 Å². The lowest BCUT2D eigenvalue weighted by Gasteiger charge is -2.26. The minimum absolute atomic E-state index is 1.08. The SMILES string of the molecule is C=C/C=C(\C=C/C)N(c1ccc(C)cc1)c1ccc(P)cc1. The molecule has 112 valence electrons. The molecule has 0 amide bonds. The van der Waals surface area contributed by atoms with Crippen molar-refractivity contribution in [2.24, 2.45) is 0 Å². The molecule has 2 aromatic carbocycles. The van der Waals surface area contributed by atoms with Crippen LogP contribution in [0.3, 0.4) is 0 Å². The predicted octanol–water partition coefficient (Wildman–Crippen LogP) is 5.28. The molecule has 0 heterocycles. The summed E-state index contributed by atoms with van der Waals surface area (Å²) in [7, 11) is 2.72. The second kappa shape index (κ2) is 7.77. The van der Waals surface area contributed by atoms with Crippen LogP contribution in [0, 0.1) is 6.92 Å². The van der Waals surface area contributed by atoms with E-state index in [9.17, 15) is 0 Å².